The van der Waals surface area contributed by atoms with Gasteiger partial charge in [0.25, 0.3) is 0 Å². The first-order chi connectivity index (χ1) is 16.9. The fraction of sp³-hybridized carbons (Fsp3) is 0.357. The van der Waals surface area contributed by atoms with Crippen LogP contribution in [-0.4, -0.2) is 41.0 Å². The maximum Gasteiger partial charge on any atom is 0.338 e. The number of rotatable bonds is 6. The van der Waals surface area contributed by atoms with E-state index >= 15 is 0 Å². The minimum absolute atomic E-state index is 0.0575. The number of hydrogen-bond donors (Lipinski definition) is 0. The Balaban J connectivity index is 1.82. The van der Waals surface area contributed by atoms with E-state index in [4.69, 9.17) is 19.4 Å². The number of hydrogen-bond acceptors (Lipinski definition) is 7. The van der Waals surface area contributed by atoms with Crippen LogP contribution in [0.25, 0.3) is 0 Å². The number of carbonyl (C=O) groups excluding carboxylic acids is 2. The van der Waals surface area contributed by atoms with Crippen LogP contribution < -0.4 is 0 Å². The van der Waals surface area contributed by atoms with Gasteiger partial charge < -0.3 is 9.47 Å². The van der Waals surface area contributed by atoms with Gasteiger partial charge in [-0.25, -0.2) is 9.59 Å². The lowest BCUT2D eigenvalue weighted by molar-refractivity contribution is 0.0573. The number of piperidine rings is 1. The van der Waals surface area contributed by atoms with Crippen molar-refractivity contribution >= 4 is 11.9 Å². The molecule has 3 aromatic rings. The van der Waals surface area contributed by atoms with Crippen molar-refractivity contribution in [3.8, 4) is 0 Å². The van der Waals surface area contributed by atoms with Gasteiger partial charge >= 0.3 is 11.9 Å². The van der Waals surface area contributed by atoms with Crippen molar-refractivity contribution in [1.82, 2.24) is 14.9 Å². The summed E-state index contributed by atoms with van der Waals surface area (Å²) >= 11 is 0. The highest BCUT2D eigenvalue weighted by molar-refractivity contribution is 5.96. The van der Waals surface area contributed by atoms with E-state index in [1.807, 2.05) is 30.6 Å². The van der Waals surface area contributed by atoms with Crippen LogP contribution in [0.4, 0.5) is 0 Å². The van der Waals surface area contributed by atoms with Gasteiger partial charge in [-0.05, 0) is 74.1 Å². The molecule has 4 rings (SSSR count). The molecular formula is C28H31N3O4. The molecule has 7 heteroatoms. The predicted molar refractivity (Wildman–Crippen MR) is 132 cm³/mol. The third-order valence-electron chi connectivity index (χ3n) is 6.78. The SMILES string of the molecule is COC(=O)c1ccc(CN2[C@@H](c3ncccc3C)CCC[C@H]2c2ncccc2C)c(C(=O)OC)c1. The van der Waals surface area contributed by atoms with Gasteiger partial charge in [0.2, 0.25) is 0 Å². The Kier molecular flexibility index (Phi) is 7.56. The van der Waals surface area contributed by atoms with Gasteiger partial charge in [-0.2, -0.15) is 0 Å². The molecule has 1 saturated heterocycles. The van der Waals surface area contributed by atoms with Gasteiger partial charge in [0.1, 0.15) is 0 Å². The van der Waals surface area contributed by atoms with Crippen molar-refractivity contribution in [2.75, 3.05) is 14.2 Å². The lowest BCUT2D eigenvalue weighted by atomic mass is 9.88. The maximum atomic E-state index is 12.7. The molecule has 7 nitrogen and oxygen atoms in total. The number of aryl methyl sites for hydroxylation is 2. The lowest BCUT2D eigenvalue weighted by Crippen LogP contribution is -2.38. The number of nitrogens with zero attached hydrogens (tertiary/aromatic N) is 3. The van der Waals surface area contributed by atoms with Crippen molar-refractivity contribution in [1.29, 1.82) is 0 Å². The zero-order valence-corrected chi connectivity index (χ0v) is 20.7. The Morgan fingerprint density at radius 3 is 1.97 bits per heavy atom. The van der Waals surface area contributed by atoms with Gasteiger partial charge in [0, 0.05) is 18.9 Å². The summed E-state index contributed by atoms with van der Waals surface area (Å²) in [6.45, 7) is 4.65. The van der Waals surface area contributed by atoms with E-state index in [9.17, 15) is 9.59 Å². The third kappa shape index (κ3) is 5.10. The molecular weight excluding hydrogens is 442 g/mol. The Morgan fingerprint density at radius 2 is 1.46 bits per heavy atom. The minimum atomic E-state index is -0.497. The lowest BCUT2D eigenvalue weighted by Gasteiger charge is -2.42. The van der Waals surface area contributed by atoms with E-state index in [0.29, 0.717) is 17.7 Å². The first-order valence-corrected chi connectivity index (χ1v) is 11.8. The highest BCUT2D eigenvalue weighted by Crippen LogP contribution is 2.43. The van der Waals surface area contributed by atoms with Crippen LogP contribution in [0.2, 0.25) is 0 Å². The molecule has 35 heavy (non-hydrogen) atoms. The van der Waals surface area contributed by atoms with Crippen LogP contribution in [-0.2, 0) is 16.0 Å². The summed E-state index contributed by atoms with van der Waals surface area (Å²) in [5.41, 5.74) is 5.79. The van der Waals surface area contributed by atoms with E-state index in [2.05, 4.69) is 30.9 Å². The molecule has 1 aromatic carbocycles. The van der Waals surface area contributed by atoms with E-state index < -0.39 is 11.9 Å². The molecule has 3 heterocycles. The van der Waals surface area contributed by atoms with Gasteiger partial charge in [0.05, 0.1) is 48.8 Å². The van der Waals surface area contributed by atoms with Gasteiger partial charge in [-0.3, -0.25) is 14.9 Å². The summed E-state index contributed by atoms with van der Waals surface area (Å²) in [4.78, 5) is 36.8. The largest absolute Gasteiger partial charge is 0.465 e. The molecule has 0 aliphatic carbocycles. The molecule has 0 bridgehead atoms. The zero-order valence-electron chi connectivity index (χ0n) is 20.7. The van der Waals surface area contributed by atoms with Crippen molar-refractivity contribution in [3.63, 3.8) is 0 Å². The monoisotopic (exact) mass is 473 g/mol. The molecule has 182 valence electrons. The number of aromatic nitrogens is 2. The molecule has 0 unspecified atom stereocenters. The number of likely N-dealkylation sites (tertiary alicyclic amines) is 1. The third-order valence-corrected chi connectivity index (χ3v) is 6.78. The van der Waals surface area contributed by atoms with Crippen LogP contribution in [0.15, 0.2) is 54.9 Å². The van der Waals surface area contributed by atoms with Gasteiger partial charge in [-0.15, -0.1) is 0 Å². The van der Waals surface area contributed by atoms with Gasteiger partial charge in [-0.1, -0.05) is 18.2 Å². The van der Waals surface area contributed by atoms with E-state index in [0.717, 1.165) is 47.3 Å². The molecule has 2 atom stereocenters. The minimum Gasteiger partial charge on any atom is -0.465 e. The highest BCUT2D eigenvalue weighted by Gasteiger charge is 2.36. The Bertz CT molecular complexity index is 1170. The van der Waals surface area contributed by atoms with Crippen molar-refractivity contribution in [2.45, 2.75) is 51.7 Å². The highest BCUT2D eigenvalue weighted by atomic mass is 16.5. The first kappa shape index (κ1) is 24.5. The summed E-state index contributed by atoms with van der Waals surface area (Å²) in [5.74, 6) is -0.984. The molecule has 1 aliphatic heterocycles. The molecule has 2 aromatic heterocycles. The van der Waals surface area contributed by atoms with E-state index in [-0.39, 0.29) is 12.1 Å². The molecule has 0 amide bonds. The van der Waals surface area contributed by atoms with Crippen LogP contribution in [0.5, 0.6) is 0 Å². The van der Waals surface area contributed by atoms with E-state index in [1.54, 1.807) is 12.1 Å². The average Bonchev–Trinajstić information content (AvgIpc) is 2.89. The first-order valence-electron chi connectivity index (χ1n) is 11.8. The van der Waals surface area contributed by atoms with Gasteiger partial charge in [0.15, 0.2) is 0 Å². The summed E-state index contributed by atoms with van der Waals surface area (Å²) in [6.07, 6.45) is 6.62. The van der Waals surface area contributed by atoms with Crippen molar-refractivity contribution in [2.24, 2.45) is 0 Å². The fourth-order valence-electron chi connectivity index (χ4n) is 5.01. The normalized spacial score (nSPS) is 18.2. The average molecular weight is 474 g/mol. The van der Waals surface area contributed by atoms with Crippen LogP contribution >= 0.6 is 0 Å². The number of benzene rings is 1. The quantitative estimate of drug-likeness (QED) is 0.459. The molecule has 0 saturated carbocycles. The second kappa shape index (κ2) is 10.8. The van der Waals surface area contributed by atoms with Crippen LogP contribution in [0, 0.1) is 13.8 Å². The van der Waals surface area contributed by atoms with Crippen LogP contribution in [0.1, 0.15) is 80.1 Å². The molecule has 0 radical (unpaired) electrons. The number of ether oxygens (including phenoxy) is 2. The summed E-state index contributed by atoms with van der Waals surface area (Å²) in [6, 6.07) is 13.3. The van der Waals surface area contributed by atoms with E-state index in [1.165, 1.54) is 14.2 Å². The Hall–Kier alpha value is -3.58. The fourth-order valence-corrected chi connectivity index (χ4v) is 5.01. The smallest absolute Gasteiger partial charge is 0.338 e. The number of pyridine rings is 2. The number of carbonyl (C=O) groups is 2. The Labute approximate surface area is 206 Å². The standard InChI is InChI=1S/C28H31N3O4/c1-18-8-6-14-29-25(18)23-10-5-11-24(26-19(2)9-7-15-30-26)31(23)17-21-13-12-20(27(32)34-3)16-22(21)28(33)35-4/h6-9,12-16,23-24H,5,10-11,17H2,1-4H3/t23-,24+. The molecule has 0 N–H and O–H groups in total. The van der Waals surface area contributed by atoms with Crippen molar-refractivity contribution < 1.29 is 19.1 Å². The second-order valence-corrected chi connectivity index (χ2v) is 8.90. The summed E-state index contributed by atoms with van der Waals surface area (Å²) in [7, 11) is 2.67. The Morgan fingerprint density at radius 1 is 0.886 bits per heavy atom. The second-order valence-electron chi connectivity index (χ2n) is 8.90. The number of esters is 2. The van der Waals surface area contributed by atoms with Crippen molar-refractivity contribution in [3.05, 3.63) is 94.1 Å². The zero-order chi connectivity index (χ0) is 24.9. The summed E-state index contributed by atoms with van der Waals surface area (Å²) < 4.78 is 9.91. The number of methoxy groups -OCH3 is 2. The predicted octanol–water partition coefficient (Wildman–Crippen LogP) is 5.14. The topological polar surface area (TPSA) is 81.6 Å². The molecule has 0 spiro atoms. The summed E-state index contributed by atoms with van der Waals surface area (Å²) in [5, 5.41) is 0. The molecule has 1 aliphatic rings. The maximum absolute atomic E-state index is 12.7. The molecule has 1 fully saturated rings. The van der Waals surface area contributed by atoms with Crippen LogP contribution in [0.3, 0.4) is 0 Å².